The van der Waals surface area contributed by atoms with Gasteiger partial charge in [-0.3, -0.25) is 4.90 Å². The lowest BCUT2D eigenvalue weighted by Crippen LogP contribution is -2.46. The highest BCUT2D eigenvalue weighted by atomic mass is 32.2. The number of alkyl halides is 6. The Morgan fingerprint density at radius 3 is 2.17 bits per heavy atom. The van der Waals surface area contributed by atoms with Crippen LogP contribution >= 0.6 is 0 Å². The van der Waals surface area contributed by atoms with Crippen LogP contribution in [-0.2, 0) is 32.6 Å². The smallest absolute Gasteiger partial charge is 0.497 e. The zero-order valence-electron chi connectivity index (χ0n) is 18.4. The van der Waals surface area contributed by atoms with Gasteiger partial charge in [-0.25, -0.2) is 0 Å². The maximum Gasteiger partial charge on any atom is 0.534 e. The predicted octanol–water partition coefficient (Wildman–Crippen LogP) is 5.73. The minimum Gasteiger partial charge on any atom is -0.497 e. The normalized spacial score (nSPS) is 23.2. The van der Waals surface area contributed by atoms with Gasteiger partial charge in [0.25, 0.3) is 0 Å². The largest absolute Gasteiger partial charge is 0.534 e. The van der Waals surface area contributed by atoms with Crippen LogP contribution in [-0.4, -0.2) is 32.0 Å². The summed E-state index contributed by atoms with van der Waals surface area (Å²) >= 11 is 0. The van der Waals surface area contributed by atoms with Crippen molar-refractivity contribution in [2.75, 3.05) is 7.11 Å². The number of fused-ring (bicyclic) bond motifs is 2. The van der Waals surface area contributed by atoms with Gasteiger partial charge in [0.05, 0.1) is 18.2 Å². The Bertz CT molecular complexity index is 1210. The highest BCUT2D eigenvalue weighted by molar-refractivity contribution is 7.87. The number of benzene rings is 2. The first-order valence-corrected chi connectivity index (χ1v) is 12.0. The molecule has 2 aromatic rings. The standard InChI is InChI=1S/C23H21F6NO4S/c1-33-19-8-2-15(3-9-19)14-30-18-10-11-21(30,16-4-6-17(7-5-16)22(24,25)26)13-20(12-18)34-35(31,32)23(27,28)29/h2-9,13,18H,10-12,14H2,1H3. The van der Waals surface area contributed by atoms with Crippen molar-refractivity contribution in [1.82, 2.24) is 4.90 Å². The molecule has 5 nitrogen and oxygen atoms in total. The van der Waals surface area contributed by atoms with Crippen LogP contribution in [0.3, 0.4) is 0 Å². The number of nitrogens with zero attached hydrogens (tertiary/aromatic N) is 1. The Kier molecular flexibility index (Phi) is 6.33. The van der Waals surface area contributed by atoms with Crippen molar-refractivity contribution in [2.24, 2.45) is 0 Å². The summed E-state index contributed by atoms with van der Waals surface area (Å²) in [4.78, 5) is 1.96. The number of halogens is 6. The highest BCUT2D eigenvalue weighted by Crippen LogP contribution is 2.51. The predicted molar refractivity (Wildman–Crippen MR) is 113 cm³/mol. The van der Waals surface area contributed by atoms with E-state index in [9.17, 15) is 34.8 Å². The molecule has 0 aliphatic carbocycles. The van der Waals surface area contributed by atoms with Crippen LogP contribution in [0.4, 0.5) is 26.3 Å². The molecule has 2 unspecified atom stereocenters. The fourth-order valence-corrected chi connectivity index (χ4v) is 5.21. The summed E-state index contributed by atoms with van der Waals surface area (Å²) in [6.07, 6.45) is -2.51. The maximum atomic E-state index is 13.1. The van der Waals surface area contributed by atoms with Crippen LogP contribution in [0.25, 0.3) is 0 Å². The zero-order valence-corrected chi connectivity index (χ0v) is 19.2. The summed E-state index contributed by atoms with van der Waals surface area (Å²) in [5.74, 6) is 0.247. The highest BCUT2D eigenvalue weighted by Gasteiger charge is 2.53. The van der Waals surface area contributed by atoms with Gasteiger partial charge in [0.2, 0.25) is 0 Å². The second-order valence-electron chi connectivity index (χ2n) is 8.47. The van der Waals surface area contributed by atoms with Gasteiger partial charge in [0.1, 0.15) is 11.5 Å². The molecule has 2 aromatic carbocycles. The Balaban J connectivity index is 1.76. The minimum absolute atomic E-state index is 0.0894. The van der Waals surface area contributed by atoms with E-state index in [0.29, 0.717) is 30.7 Å². The molecule has 0 amide bonds. The molecular weight excluding hydrogens is 500 g/mol. The lowest BCUT2D eigenvalue weighted by molar-refractivity contribution is -0.137. The second kappa shape index (κ2) is 8.74. The summed E-state index contributed by atoms with van der Waals surface area (Å²) in [6, 6.07) is 11.1. The van der Waals surface area contributed by atoms with Gasteiger partial charge in [0.15, 0.2) is 0 Å². The van der Waals surface area contributed by atoms with Crippen molar-refractivity contribution in [2.45, 2.75) is 49.1 Å². The summed E-state index contributed by atoms with van der Waals surface area (Å²) < 4.78 is 111. The molecule has 0 saturated carbocycles. The van der Waals surface area contributed by atoms with Gasteiger partial charge in [-0.15, -0.1) is 0 Å². The van der Waals surface area contributed by atoms with Crippen molar-refractivity contribution < 1.29 is 43.7 Å². The first-order valence-electron chi connectivity index (χ1n) is 10.5. The molecule has 2 atom stereocenters. The summed E-state index contributed by atoms with van der Waals surface area (Å²) in [7, 11) is -4.37. The molecule has 2 heterocycles. The Morgan fingerprint density at radius 1 is 1.00 bits per heavy atom. The lowest BCUT2D eigenvalue weighted by Gasteiger charge is -2.43. The van der Waals surface area contributed by atoms with Crippen molar-refractivity contribution in [1.29, 1.82) is 0 Å². The molecule has 0 aromatic heterocycles. The Morgan fingerprint density at radius 2 is 1.63 bits per heavy atom. The average Bonchev–Trinajstić information content (AvgIpc) is 2.98. The fourth-order valence-electron chi connectivity index (χ4n) is 4.72. The molecule has 1 saturated heterocycles. The molecule has 2 bridgehead atoms. The van der Waals surface area contributed by atoms with Crippen molar-refractivity contribution >= 4 is 10.1 Å². The number of rotatable bonds is 6. The van der Waals surface area contributed by atoms with Crippen LogP contribution in [0.5, 0.6) is 5.75 Å². The van der Waals surface area contributed by atoms with Crippen LogP contribution < -0.4 is 4.74 Å². The van der Waals surface area contributed by atoms with E-state index in [-0.39, 0.29) is 18.2 Å². The van der Waals surface area contributed by atoms with Gasteiger partial charge in [0, 0.05) is 19.0 Å². The van der Waals surface area contributed by atoms with Gasteiger partial charge in [-0.2, -0.15) is 34.8 Å². The Hall–Kier alpha value is -2.73. The number of ether oxygens (including phenoxy) is 1. The maximum absolute atomic E-state index is 13.1. The molecule has 1 fully saturated rings. The molecule has 2 aliphatic rings. The second-order valence-corrected chi connectivity index (χ2v) is 10.0. The molecule has 0 N–H and O–H groups in total. The van der Waals surface area contributed by atoms with Crippen LogP contribution in [0, 0.1) is 0 Å². The van der Waals surface area contributed by atoms with E-state index < -0.39 is 32.9 Å². The third-order valence-corrected chi connectivity index (χ3v) is 7.37. The number of hydrogen-bond donors (Lipinski definition) is 0. The van der Waals surface area contributed by atoms with E-state index in [1.807, 2.05) is 17.0 Å². The van der Waals surface area contributed by atoms with Crippen LogP contribution in [0.2, 0.25) is 0 Å². The Labute approximate surface area is 198 Å². The van der Waals surface area contributed by atoms with Crippen molar-refractivity contribution in [3.05, 3.63) is 77.1 Å². The third-order valence-electron chi connectivity index (χ3n) is 6.37. The van der Waals surface area contributed by atoms with Gasteiger partial charge in [-0.05, 0) is 54.3 Å². The minimum atomic E-state index is -5.88. The first kappa shape index (κ1) is 25.4. The molecule has 12 heteroatoms. The van der Waals surface area contributed by atoms with E-state index in [1.54, 1.807) is 12.1 Å². The lowest BCUT2D eigenvalue weighted by atomic mass is 9.84. The summed E-state index contributed by atoms with van der Waals surface area (Å²) in [5.41, 5.74) is -6.39. The number of hydrogen-bond acceptors (Lipinski definition) is 5. The van der Waals surface area contributed by atoms with Crippen molar-refractivity contribution in [3.63, 3.8) is 0 Å². The monoisotopic (exact) mass is 521 g/mol. The summed E-state index contributed by atoms with van der Waals surface area (Å²) in [5, 5.41) is 0. The first-order chi connectivity index (χ1) is 16.2. The zero-order chi connectivity index (χ0) is 25.6. The van der Waals surface area contributed by atoms with Crippen LogP contribution in [0.1, 0.15) is 36.0 Å². The average molecular weight is 521 g/mol. The molecule has 0 spiro atoms. The topological polar surface area (TPSA) is 55.8 Å². The van der Waals surface area contributed by atoms with E-state index in [1.165, 1.54) is 25.3 Å². The van der Waals surface area contributed by atoms with Gasteiger partial charge in [-0.1, -0.05) is 24.3 Å². The fraction of sp³-hybridized carbons (Fsp3) is 0.391. The quantitative estimate of drug-likeness (QED) is 0.276. The van der Waals surface area contributed by atoms with Gasteiger partial charge < -0.3 is 8.92 Å². The molecule has 4 rings (SSSR count). The molecule has 190 valence electrons. The molecular formula is C23H21F6NO4S. The number of methoxy groups -OCH3 is 1. The van der Waals surface area contributed by atoms with Crippen molar-refractivity contribution in [3.8, 4) is 5.75 Å². The van der Waals surface area contributed by atoms with E-state index in [4.69, 9.17) is 4.74 Å². The van der Waals surface area contributed by atoms with E-state index in [2.05, 4.69) is 4.18 Å². The SMILES string of the molecule is COc1ccc(CN2C3CCC2(c2ccc(C(F)(F)F)cc2)C=C(OS(=O)(=O)C(F)(F)F)C3)cc1. The van der Waals surface area contributed by atoms with Crippen LogP contribution in [0.15, 0.2) is 60.4 Å². The summed E-state index contributed by atoms with van der Waals surface area (Å²) in [6.45, 7) is 0.325. The molecule has 2 aliphatic heterocycles. The third kappa shape index (κ3) is 4.86. The van der Waals surface area contributed by atoms with Gasteiger partial charge >= 0.3 is 21.8 Å². The van der Waals surface area contributed by atoms with E-state index in [0.717, 1.165) is 17.7 Å². The molecule has 0 radical (unpaired) electrons. The molecule has 35 heavy (non-hydrogen) atoms. The van der Waals surface area contributed by atoms with E-state index >= 15 is 0 Å².